The molecule has 0 heterocycles. The second-order valence-corrected chi connectivity index (χ2v) is 6.85. The summed E-state index contributed by atoms with van der Waals surface area (Å²) in [5.74, 6) is 1.42. The van der Waals surface area contributed by atoms with Crippen molar-refractivity contribution in [1.82, 2.24) is 4.90 Å². The molecule has 0 aromatic heterocycles. The third-order valence-corrected chi connectivity index (χ3v) is 3.45. The van der Waals surface area contributed by atoms with Crippen LogP contribution in [-0.4, -0.2) is 37.8 Å². The van der Waals surface area contributed by atoms with E-state index in [0.717, 1.165) is 20.1 Å². The van der Waals surface area contributed by atoms with Gasteiger partial charge in [-0.25, -0.2) is 0 Å². The summed E-state index contributed by atoms with van der Waals surface area (Å²) < 4.78 is 0. The van der Waals surface area contributed by atoms with Crippen LogP contribution in [0.3, 0.4) is 0 Å². The molecule has 0 radical (unpaired) electrons. The first-order valence-corrected chi connectivity index (χ1v) is 8.63. The normalized spacial score (nSPS) is 11.6. The molecule has 0 amide bonds. The molecule has 1 N–H and O–H groups in total. The summed E-state index contributed by atoms with van der Waals surface area (Å²) in [6.45, 7) is 7.26. The van der Waals surface area contributed by atoms with Gasteiger partial charge in [-0.2, -0.15) is 20.8 Å². The summed E-state index contributed by atoms with van der Waals surface area (Å²) >= 11 is 0. The van der Waals surface area contributed by atoms with Crippen molar-refractivity contribution in [3.8, 4) is 0 Å². The number of halogens is 2. The van der Waals surface area contributed by atoms with Gasteiger partial charge in [0.05, 0.1) is 0 Å². The van der Waals surface area contributed by atoms with E-state index in [1.165, 1.54) is 33.4 Å². The van der Waals surface area contributed by atoms with E-state index in [9.17, 15) is 0 Å². The molecule has 2 aromatic rings. The Balaban J connectivity index is -0.000000624. The average Bonchev–Trinajstić information content (AvgIpc) is 3.03. The van der Waals surface area contributed by atoms with Crippen molar-refractivity contribution in [2.75, 3.05) is 27.7 Å². The van der Waals surface area contributed by atoms with E-state index in [-0.39, 0.29) is 46.5 Å². The van der Waals surface area contributed by atoms with Gasteiger partial charge in [0.25, 0.3) is 0 Å². The van der Waals surface area contributed by atoms with Crippen molar-refractivity contribution < 1.29 is 51.6 Å². The van der Waals surface area contributed by atoms with E-state index < -0.39 is 0 Å². The quantitative estimate of drug-likeness (QED) is 0.481. The van der Waals surface area contributed by atoms with Gasteiger partial charge in [0.1, 0.15) is 0 Å². The third-order valence-electron chi connectivity index (χ3n) is 3.45. The third kappa shape index (κ3) is 11.4. The first kappa shape index (κ1) is 32.1. The Kier molecular flexibility index (Phi) is 19.8. The molecular formula is C23H31Cl2NOTi. The molecule has 0 saturated carbocycles. The maximum Gasteiger partial charge on any atom is 4.00 e. The van der Waals surface area contributed by atoms with E-state index in [4.69, 9.17) is 5.11 Å². The van der Waals surface area contributed by atoms with Crippen LogP contribution in [0.15, 0.2) is 54.1 Å². The summed E-state index contributed by atoms with van der Waals surface area (Å²) in [6, 6.07) is 16.3. The van der Waals surface area contributed by atoms with Gasteiger partial charge in [-0.15, -0.1) is 40.8 Å². The Hall–Kier alpha value is -0.606. The van der Waals surface area contributed by atoms with Gasteiger partial charge in [0.15, 0.2) is 0 Å². The number of hydrogen-bond acceptors (Lipinski definition) is 2. The molecule has 0 spiro atoms. The van der Waals surface area contributed by atoms with E-state index in [2.05, 4.69) is 94.4 Å². The van der Waals surface area contributed by atoms with Crippen molar-refractivity contribution in [2.45, 2.75) is 27.2 Å². The molecule has 5 heteroatoms. The van der Waals surface area contributed by atoms with Crippen molar-refractivity contribution in [1.29, 1.82) is 0 Å². The van der Waals surface area contributed by atoms with Crippen LogP contribution in [0.1, 0.15) is 32.8 Å². The number of aliphatic hydroxyl groups excluding tert-OH is 1. The molecule has 0 bridgehead atoms. The van der Waals surface area contributed by atoms with Crippen LogP contribution in [-0.2, 0) is 21.7 Å². The molecular weight excluding hydrogens is 425 g/mol. The second kappa shape index (κ2) is 17.3. The number of likely N-dealkylation sites (N-methyl/N-ethyl adjacent to an activating group) is 1. The van der Waals surface area contributed by atoms with Gasteiger partial charge in [0, 0.05) is 13.7 Å². The van der Waals surface area contributed by atoms with Crippen LogP contribution in [0.4, 0.5) is 0 Å². The van der Waals surface area contributed by atoms with Crippen molar-refractivity contribution in [3.63, 3.8) is 0 Å². The number of hydrogen-bond donors (Lipinski definition) is 1. The van der Waals surface area contributed by atoms with Gasteiger partial charge in [-0.1, -0.05) is 35.7 Å². The maximum absolute atomic E-state index is 7.00. The SMILES string of the molecule is CN(C)CC1=CCC(c2[c-]c3ccccc3cc2)=C1.CO.C[C-](C)C.[Cl-].[Cl-].[Ti+4]. The number of fused-ring (bicyclic) bond motifs is 1. The van der Waals surface area contributed by atoms with Crippen LogP contribution < -0.4 is 24.8 Å². The molecule has 152 valence electrons. The molecule has 0 atom stereocenters. The number of aliphatic hydroxyl groups is 1. The molecule has 2 nitrogen and oxygen atoms in total. The maximum atomic E-state index is 7.00. The predicted molar refractivity (Wildman–Crippen MR) is 110 cm³/mol. The average molecular weight is 456 g/mol. The molecule has 0 saturated heterocycles. The van der Waals surface area contributed by atoms with Gasteiger partial charge in [-0.05, 0) is 26.1 Å². The summed E-state index contributed by atoms with van der Waals surface area (Å²) in [6.07, 6.45) is 5.65. The van der Waals surface area contributed by atoms with Gasteiger partial charge in [0.2, 0.25) is 0 Å². The van der Waals surface area contributed by atoms with Gasteiger partial charge >= 0.3 is 21.7 Å². The Morgan fingerprint density at radius 3 is 2.14 bits per heavy atom. The molecule has 28 heavy (non-hydrogen) atoms. The zero-order valence-corrected chi connectivity index (χ0v) is 20.8. The smallest absolute Gasteiger partial charge is 1.00 e. The Bertz CT molecular complexity index is 725. The number of benzene rings is 2. The topological polar surface area (TPSA) is 23.5 Å². The van der Waals surface area contributed by atoms with Crippen molar-refractivity contribution in [3.05, 3.63) is 71.7 Å². The summed E-state index contributed by atoms with van der Waals surface area (Å²) in [5, 5.41) is 9.45. The standard InChI is InChI=1S/C18H18N.C4H9.CH4O.2ClH.Ti/c1-19(2)13-14-7-8-17(11-14)18-10-9-15-5-3-4-6-16(15)12-18;1-4(2)3;1-2;;;/h3-7,9-11H,8,13H2,1-2H3;1-3H3;2H,1H3;2*1H;/q2*-1;;;;+4/p-2. The molecule has 0 aliphatic heterocycles. The first-order chi connectivity index (χ1) is 12.0. The Morgan fingerprint density at radius 1 is 1.00 bits per heavy atom. The zero-order chi connectivity index (χ0) is 18.8. The van der Waals surface area contributed by atoms with E-state index >= 15 is 0 Å². The Morgan fingerprint density at radius 2 is 1.57 bits per heavy atom. The van der Waals surface area contributed by atoms with Crippen LogP contribution >= 0.6 is 0 Å². The van der Waals surface area contributed by atoms with E-state index in [0.29, 0.717) is 0 Å². The molecule has 1 aliphatic rings. The number of nitrogens with zero attached hydrogens (tertiary/aromatic N) is 1. The summed E-state index contributed by atoms with van der Waals surface area (Å²) in [7, 11) is 5.21. The van der Waals surface area contributed by atoms with Crippen LogP contribution in [0, 0.1) is 12.0 Å². The number of rotatable bonds is 3. The minimum Gasteiger partial charge on any atom is -1.00 e. The minimum absolute atomic E-state index is 0. The number of allylic oxidation sites excluding steroid dienone is 2. The van der Waals surface area contributed by atoms with Crippen LogP contribution in [0.5, 0.6) is 0 Å². The second-order valence-electron chi connectivity index (χ2n) is 6.85. The Labute approximate surface area is 198 Å². The fraction of sp³-hybridized carbons (Fsp3) is 0.348. The molecule has 3 rings (SSSR count). The predicted octanol–water partition coefficient (Wildman–Crippen LogP) is -0.850. The molecule has 0 unspecified atom stereocenters. The summed E-state index contributed by atoms with van der Waals surface area (Å²) in [5.41, 5.74) is 4.01. The minimum atomic E-state index is 0. The summed E-state index contributed by atoms with van der Waals surface area (Å²) in [4.78, 5) is 2.20. The van der Waals surface area contributed by atoms with Crippen LogP contribution in [0.25, 0.3) is 16.3 Å². The van der Waals surface area contributed by atoms with E-state index in [1.54, 1.807) is 0 Å². The fourth-order valence-electron chi connectivity index (χ4n) is 2.55. The van der Waals surface area contributed by atoms with E-state index in [1.807, 2.05) is 0 Å². The fourth-order valence-corrected chi connectivity index (χ4v) is 2.55. The zero-order valence-electron chi connectivity index (χ0n) is 17.7. The molecule has 1 aliphatic carbocycles. The van der Waals surface area contributed by atoms with Crippen molar-refractivity contribution >= 4 is 16.3 Å². The van der Waals surface area contributed by atoms with Gasteiger partial charge in [-0.3, -0.25) is 0 Å². The molecule has 2 aromatic carbocycles. The molecule has 0 fully saturated rings. The van der Waals surface area contributed by atoms with Crippen LogP contribution in [0.2, 0.25) is 0 Å². The largest absolute Gasteiger partial charge is 4.00 e. The first-order valence-electron chi connectivity index (χ1n) is 8.63. The van der Waals surface area contributed by atoms with Crippen molar-refractivity contribution in [2.24, 2.45) is 0 Å². The van der Waals surface area contributed by atoms with Gasteiger partial charge < -0.3 is 40.7 Å². The monoisotopic (exact) mass is 455 g/mol.